The SMILES string of the molecule is CCC1/C=C(\C)CC(C)CC(OC)C2OC(O)(C(=O)C(=O)N3CCCCC3C(=O)OC(C(C)=CC3CCC(S(=O)(=O)c4ccccc4[N+](=O)[O-])C(O)C3)C(C)C(O)CC1=O)C(C)CC2OC. The first-order chi connectivity index (χ1) is 31.1. The van der Waals surface area contributed by atoms with E-state index in [1.54, 1.807) is 26.8 Å². The van der Waals surface area contributed by atoms with Crippen molar-refractivity contribution in [1.82, 2.24) is 4.90 Å². The van der Waals surface area contributed by atoms with E-state index in [1.807, 2.05) is 26.8 Å². The van der Waals surface area contributed by atoms with E-state index in [-0.39, 0.29) is 56.8 Å². The van der Waals surface area contributed by atoms with Gasteiger partial charge in [0.05, 0.1) is 34.6 Å². The van der Waals surface area contributed by atoms with Crippen molar-refractivity contribution in [3.05, 3.63) is 57.7 Å². The number of cyclic esters (lactones) is 1. The third kappa shape index (κ3) is 11.7. The fourth-order valence-electron chi connectivity index (χ4n) is 10.5. The number of carbonyl (C=O) groups is 4. The van der Waals surface area contributed by atoms with Crippen LogP contribution in [0.25, 0.3) is 0 Å². The van der Waals surface area contributed by atoms with E-state index >= 15 is 0 Å². The molecule has 3 fully saturated rings. The number of esters is 1. The second-order valence-electron chi connectivity index (χ2n) is 19.2. The van der Waals surface area contributed by atoms with Crippen molar-refractivity contribution in [3.8, 4) is 0 Å². The number of aliphatic hydroxyl groups is 3. The van der Waals surface area contributed by atoms with Gasteiger partial charge < -0.3 is 39.2 Å². The number of carbonyl (C=O) groups excluding carboxylic acids is 4. The minimum absolute atomic E-state index is 0.00420. The molecule has 14 unspecified atom stereocenters. The van der Waals surface area contributed by atoms with Gasteiger partial charge in [-0.1, -0.05) is 57.6 Å². The van der Waals surface area contributed by atoms with Gasteiger partial charge in [0.25, 0.3) is 17.4 Å². The predicted octanol–water partition coefficient (Wildman–Crippen LogP) is 5.21. The van der Waals surface area contributed by atoms with Crippen LogP contribution in [0.5, 0.6) is 0 Å². The summed E-state index contributed by atoms with van der Waals surface area (Å²) in [5.74, 6) is -8.81. The number of nitro groups is 1. The Morgan fingerprint density at radius 3 is 2.27 bits per heavy atom. The molecule has 3 heterocycles. The highest BCUT2D eigenvalue weighted by Gasteiger charge is 2.57. The van der Waals surface area contributed by atoms with E-state index < -0.39 is 120 Å². The van der Waals surface area contributed by atoms with E-state index in [1.165, 1.54) is 26.4 Å². The molecule has 5 rings (SSSR count). The molecule has 3 aliphatic heterocycles. The molecule has 0 radical (unpaired) electrons. The Labute approximate surface area is 388 Å². The number of aliphatic hydroxyl groups excluding tert-OH is 2. The number of ketones is 2. The van der Waals surface area contributed by atoms with Gasteiger partial charge in [-0.25, -0.2) is 13.2 Å². The molecule has 14 atom stereocenters. The maximum absolute atomic E-state index is 14.4. The van der Waals surface area contributed by atoms with E-state index in [0.717, 1.165) is 22.6 Å². The molecule has 1 aromatic rings. The average molecular weight is 947 g/mol. The Kier molecular flexibility index (Phi) is 18.1. The van der Waals surface area contributed by atoms with E-state index in [0.29, 0.717) is 37.7 Å². The van der Waals surface area contributed by atoms with Gasteiger partial charge in [0.2, 0.25) is 5.79 Å². The number of fused-ring (bicyclic) bond motifs is 3. The number of hydrogen-bond acceptors (Lipinski definition) is 15. The van der Waals surface area contributed by atoms with Gasteiger partial charge in [-0.3, -0.25) is 24.5 Å². The molecule has 2 bridgehead atoms. The molecule has 3 N–H and O–H groups in total. The lowest BCUT2D eigenvalue weighted by atomic mass is 9.82. The van der Waals surface area contributed by atoms with Gasteiger partial charge in [0.1, 0.15) is 28.9 Å². The highest BCUT2D eigenvalue weighted by Crippen LogP contribution is 2.40. The van der Waals surface area contributed by atoms with Gasteiger partial charge in [-0.2, -0.15) is 0 Å². The monoisotopic (exact) mass is 946 g/mol. The van der Waals surface area contributed by atoms with Crippen LogP contribution in [0.1, 0.15) is 112 Å². The van der Waals surface area contributed by atoms with Crippen molar-refractivity contribution in [2.45, 2.75) is 171 Å². The van der Waals surface area contributed by atoms with Gasteiger partial charge in [-0.15, -0.1) is 0 Å². The zero-order valence-corrected chi connectivity index (χ0v) is 40.3. The number of benzene rings is 1. The largest absolute Gasteiger partial charge is 0.456 e. The van der Waals surface area contributed by atoms with Crippen LogP contribution in [-0.2, 0) is 48.0 Å². The summed E-state index contributed by atoms with van der Waals surface area (Å²) < 4.78 is 51.6. The molecule has 368 valence electrons. The van der Waals surface area contributed by atoms with E-state index in [2.05, 4.69) is 0 Å². The first-order valence-electron chi connectivity index (χ1n) is 23.3. The third-order valence-corrected chi connectivity index (χ3v) is 16.7. The highest BCUT2D eigenvalue weighted by atomic mass is 32.2. The molecular formula is C48H70N2O15S. The molecule has 2 saturated heterocycles. The van der Waals surface area contributed by atoms with Crippen LogP contribution in [0, 0.1) is 39.7 Å². The number of nitro benzene ring substituents is 1. The Morgan fingerprint density at radius 1 is 0.970 bits per heavy atom. The number of nitrogens with zero attached hydrogens (tertiary/aromatic N) is 2. The quantitative estimate of drug-likeness (QED) is 0.0996. The molecule has 18 heteroatoms. The van der Waals surface area contributed by atoms with Crippen LogP contribution in [0.15, 0.2) is 52.5 Å². The van der Waals surface area contributed by atoms with Crippen molar-refractivity contribution in [3.63, 3.8) is 0 Å². The number of piperidine rings is 1. The van der Waals surface area contributed by atoms with E-state index in [9.17, 15) is 53.0 Å². The summed E-state index contributed by atoms with van der Waals surface area (Å²) in [5.41, 5.74) is 0.779. The van der Waals surface area contributed by atoms with Crippen LogP contribution < -0.4 is 0 Å². The summed E-state index contributed by atoms with van der Waals surface area (Å²) in [6, 6.07) is 3.74. The first kappa shape index (κ1) is 53.1. The fraction of sp³-hybridized carbons (Fsp3) is 0.708. The molecule has 66 heavy (non-hydrogen) atoms. The Hall–Kier alpha value is -3.91. The number of amides is 1. The smallest absolute Gasteiger partial charge is 0.329 e. The number of rotatable bonds is 8. The maximum atomic E-state index is 14.4. The summed E-state index contributed by atoms with van der Waals surface area (Å²) >= 11 is 0. The molecule has 0 spiro atoms. The zero-order chi connectivity index (χ0) is 48.8. The molecule has 1 saturated carbocycles. The number of methoxy groups -OCH3 is 2. The minimum atomic E-state index is -4.32. The van der Waals surface area contributed by atoms with Crippen LogP contribution in [0.2, 0.25) is 0 Å². The lowest BCUT2D eigenvalue weighted by Crippen LogP contribution is -2.64. The number of Topliss-reactive ketones (excluding diaryl/α,β-unsaturated/α-hetero) is 2. The lowest BCUT2D eigenvalue weighted by Gasteiger charge is -2.47. The normalized spacial score (nSPS) is 37.2. The Balaban J connectivity index is 1.50. The van der Waals surface area contributed by atoms with Gasteiger partial charge in [0.15, 0.2) is 9.84 Å². The topological polar surface area (TPSA) is 246 Å². The summed E-state index contributed by atoms with van der Waals surface area (Å²) in [4.78, 5) is 68.5. The van der Waals surface area contributed by atoms with Crippen molar-refractivity contribution in [1.29, 1.82) is 0 Å². The second-order valence-corrected chi connectivity index (χ2v) is 21.3. The minimum Gasteiger partial charge on any atom is -0.456 e. The van der Waals surface area contributed by atoms with Crippen LogP contribution in [-0.4, -0.2) is 131 Å². The summed E-state index contributed by atoms with van der Waals surface area (Å²) in [5, 5.41) is 45.5. The molecule has 17 nitrogen and oxygen atoms in total. The first-order valence-corrected chi connectivity index (χ1v) is 24.9. The van der Waals surface area contributed by atoms with Crippen molar-refractivity contribution < 1.29 is 66.8 Å². The standard InChI is InChI=1S/C48H70N2O15S/c1-9-33-21-27(2)20-28(3)22-39(62-7)44-40(63-8)24-30(5)48(57,65-44)45(54)46(55)49-19-13-12-15-35(49)47(56)64-43(31(6)36(51)26-37(33)52)29(4)23-32-17-18-42(38(53)25-32)66(60,61)41-16-11-10-14-34(41)50(58)59/h10-11,14,16,21,23,28,30-33,35-36,38-40,42-44,51,53,57H,9,12-13,15,17-20,22,24-26H2,1-8H3/b27-21+,29-23?. The van der Waals surface area contributed by atoms with Crippen molar-refractivity contribution in [2.24, 2.45) is 29.6 Å². The predicted molar refractivity (Wildman–Crippen MR) is 241 cm³/mol. The molecule has 4 aliphatic rings. The van der Waals surface area contributed by atoms with Crippen LogP contribution in [0.3, 0.4) is 0 Å². The van der Waals surface area contributed by atoms with Gasteiger partial charge in [0, 0.05) is 51.0 Å². The van der Waals surface area contributed by atoms with E-state index in [4.69, 9.17) is 18.9 Å². The summed E-state index contributed by atoms with van der Waals surface area (Å²) in [6.45, 7) is 10.7. The number of allylic oxidation sites excluding steroid dienone is 3. The number of ether oxygens (including phenoxy) is 4. The number of para-hydroxylation sites is 1. The molecular weight excluding hydrogens is 877 g/mol. The molecule has 1 aliphatic carbocycles. The number of hydrogen-bond donors (Lipinski definition) is 3. The van der Waals surface area contributed by atoms with Gasteiger partial charge >= 0.3 is 5.97 Å². The summed E-state index contributed by atoms with van der Waals surface area (Å²) in [6.07, 6.45) is 0.136. The Bertz CT molecular complexity index is 2110. The lowest BCUT2D eigenvalue weighted by molar-refractivity contribution is -0.387. The Morgan fingerprint density at radius 2 is 1.64 bits per heavy atom. The maximum Gasteiger partial charge on any atom is 0.329 e. The molecule has 1 aromatic carbocycles. The van der Waals surface area contributed by atoms with Crippen molar-refractivity contribution in [2.75, 3.05) is 20.8 Å². The van der Waals surface area contributed by atoms with Crippen LogP contribution in [0.4, 0.5) is 5.69 Å². The zero-order valence-electron chi connectivity index (χ0n) is 39.5. The van der Waals surface area contributed by atoms with Gasteiger partial charge in [-0.05, 0) is 102 Å². The molecule has 0 aromatic heterocycles. The highest BCUT2D eigenvalue weighted by molar-refractivity contribution is 7.92. The molecule has 1 amide bonds. The average Bonchev–Trinajstić information content (AvgIpc) is 3.28. The third-order valence-electron chi connectivity index (χ3n) is 14.4. The second kappa shape index (κ2) is 22.5. The van der Waals surface area contributed by atoms with Crippen molar-refractivity contribution >= 4 is 39.0 Å². The fourth-order valence-corrected chi connectivity index (χ4v) is 12.5. The summed E-state index contributed by atoms with van der Waals surface area (Å²) in [7, 11) is -1.33. The number of sulfone groups is 1. The van der Waals surface area contributed by atoms with Crippen LogP contribution >= 0.6 is 0 Å².